The molecule has 1 unspecified atom stereocenters. The molecule has 3 N–H and O–H groups in total. The van der Waals surface area contributed by atoms with E-state index in [0.29, 0.717) is 6.54 Å². The van der Waals surface area contributed by atoms with Gasteiger partial charge in [-0.3, -0.25) is 0 Å². The third-order valence-corrected chi connectivity index (χ3v) is 3.29. The van der Waals surface area contributed by atoms with Crippen LogP contribution in [0.4, 0.5) is 0 Å². The Kier molecular flexibility index (Phi) is 3.73. The van der Waals surface area contributed by atoms with Crippen molar-refractivity contribution in [1.82, 2.24) is 15.0 Å². The van der Waals surface area contributed by atoms with Crippen molar-refractivity contribution in [1.29, 1.82) is 0 Å². The first-order chi connectivity index (χ1) is 8.39. The van der Waals surface area contributed by atoms with Crippen molar-refractivity contribution >= 4 is 27.1 Å². The zero-order valence-corrected chi connectivity index (χ0v) is 12.6. The Morgan fingerprint density at radius 1 is 1.44 bits per heavy atom. The van der Waals surface area contributed by atoms with Crippen LogP contribution in [0.5, 0.6) is 0 Å². The third kappa shape index (κ3) is 3.09. The quantitative estimate of drug-likeness (QED) is 0.914. The number of hydrogen-bond acceptors (Lipinski definition) is 3. The Labute approximate surface area is 116 Å². The molecule has 0 aromatic carbocycles. The SMILES string of the molecule is CC(C)(C)CC(CN)c1nc2ncc(Br)cc2[nH]1. The molecule has 2 rings (SSSR count). The molecular weight excluding hydrogens is 292 g/mol. The van der Waals surface area contributed by atoms with E-state index in [1.54, 1.807) is 6.20 Å². The fourth-order valence-corrected chi connectivity index (χ4v) is 2.45. The standard InChI is InChI=1S/C13H19BrN4/c1-13(2,3)5-8(6-15)11-17-10-4-9(14)7-16-12(10)18-11/h4,7-8H,5-6,15H2,1-3H3,(H,16,17,18). The molecule has 2 aromatic rings. The average Bonchev–Trinajstić information content (AvgIpc) is 2.67. The molecular formula is C13H19BrN4. The summed E-state index contributed by atoms with van der Waals surface area (Å²) in [5.41, 5.74) is 7.81. The van der Waals surface area contributed by atoms with Gasteiger partial charge in [0, 0.05) is 23.1 Å². The number of H-pyrrole nitrogens is 1. The van der Waals surface area contributed by atoms with E-state index in [9.17, 15) is 0 Å². The maximum Gasteiger partial charge on any atom is 0.177 e. The molecule has 0 amide bonds. The monoisotopic (exact) mass is 310 g/mol. The van der Waals surface area contributed by atoms with Gasteiger partial charge in [-0.2, -0.15) is 0 Å². The minimum absolute atomic E-state index is 0.233. The number of nitrogens with two attached hydrogens (primary N) is 1. The van der Waals surface area contributed by atoms with Crippen LogP contribution in [0.2, 0.25) is 0 Å². The van der Waals surface area contributed by atoms with Crippen molar-refractivity contribution in [2.24, 2.45) is 11.1 Å². The number of fused-ring (bicyclic) bond motifs is 1. The molecule has 2 heterocycles. The van der Waals surface area contributed by atoms with Crippen LogP contribution in [0.3, 0.4) is 0 Å². The molecule has 0 radical (unpaired) electrons. The van der Waals surface area contributed by atoms with Gasteiger partial charge in [-0.1, -0.05) is 20.8 Å². The number of pyridine rings is 1. The van der Waals surface area contributed by atoms with E-state index >= 15 is 0 Å². The van der Waals surface area contributed by atoms with E-state index in [1.807, 2.05) is 6.07 Å². The summed E-state index contributed by atoms with van der Waals surface area (Å²) in [5.74, 6) is 1.19. The number of halogens is 1. The van der Waals surface area contributed by atoms with Gasteiger partial charge in [-0.15, -0.1) is 0 Å². The maximum absolute atomic E-state index is 5.87. The highest BCUT2D eigenvalue weighted by Gasteiger charge is 2.22. The molecule has 0 spiro atoms. The summed E-state index contributed by atoms with van der Waals surface area (Å²) < 4.78 is 0.949. The molecule has 0 aliphatic heterocycles. The molecule has 0 saturated carbocycles. The second-order valence-corrected chi connectivity index (χ2v) is 6.76. The zero-order valence-electron chi connectivity index (χ0n) is 11.0. The van der Waals surface area contributed by atoms with Gasteiger partial charge in [0.1, 0.15) is 5.82 Å². The summed E-state index contributed by atoms with van der Waals surface area (Å²) >= 11 is 3.41. The smallest absolute Gasteiger partial charge is 0.177 e. The fourth-order valence-electron chi connectivity index (χ4n) is 2.12. The summed E-state index contributed by atoms with van der Waals surface area (Å²) in [6.45, 7) is 7.24. The van der Waals surface area contributed by atoms with Crippen molar-refractivity contribution in [2.45, 2.75) is 33.1 Å². The van der Waals surface area contributed by atoms with Gasteiger partial charge >= 0.3 is 0 Å². The minimum atomic E-state index is 0.233. The van der Waals surface area contributed by atoms with Crippen LogP contribution >= 0.6 is 15.9 Å². The first kappa shape index (κ1) is 13.5. The highest BCUT2D eigenvalue weighted by molar-refractivity contribution is 9.10. The van der Waals surface area contributed by atoms with Crippen molar-refractivity contribution in [3.8, 4) is 0 Å². The molecule has 18 heavy (non-hydrogen) atoms. The topological polar surface area (TPSA) is 67.6 Å². The van der Waals surface area contributed by atoms with E-state index in [0.717, 1.165) is 27.9 Å². The van der Waals surface area contributed by atoms with Crippen LogP contribution in [0, 0.1) is 5.41 Å². The van der Waals surface area contributed by atoms with Crippen LogP contribution in [0.1, 0.15) is 38.9 Å². The predicted octanol–water partition coefficient (Wildman–Crippen LogP) is 3.20. The van der Waals surface area contributed by atoms with E-state index in [-0.39, 0.29) is 11.3 Å². The number of aromatic amines is 1. The lowest BCUT2D eigenvalue weighted by atomic mass is 9.84. The molecule has 5 heteroatoms. The predicted molar refractivity (Wildman–Crippen MR) is 77.5 cm³/mol. The average molecular weight is 311 g/mol. The lowest BCUT2D eigenvalue weighted by Crippen LogP contribution is -2.20. The first-order valence-electron chi connectivity index (χ1n) is 6.10. The lowest BCUT2D eigenvalue weighted by molar-refractivity contribution is 0.337. The Morgan fingerprint density at radius 2 is 2.17 bits per heavy atom. The van der Waals surface area contributed by atoms with Gasteiger partial charge < -0.3 is 10.7 Å². The van der Waals surface area contributed by atoms with Gasteiger partial charge in [0.25, 0.3) is 0 Å². The number of nitrogens with zero attached hydrogens (tertiary/aromatic N) is 2. The summed E-state index contributed by atoms with van der Waals surface area (Å²) in [6, 6.07) is 1.99. The summed E-state index contributed by atoms with van der Waals surface area (Å²) in [6.07, 6.45) is 2.76. The van der Waals surface area contributed by atoms with Crippen LogP contribution in [-0.4, -0.2) is 21.5 Å². The normalized spacial score (nSPS) is 14.1. The Bertz CT molecular complexity index is 541. The van der Waals surface area contributed by atoms with Gasteiger partial charge in [0.05, 0.1) is 5.52 Å². The van der Waals surface area contributed by atoms with Crippen molar-refractivity contribution in [3.05, 3.63) is 22.6 Å². The third-order valence-electron chi connectivity index (χ3n) is 2.85. The van der Waals surface area contributed by atoms with Gasteiger partial charge in [0.2, 0.25) is 0 Å². The Hall–Kier alpha value is -0.940. The van der Waals surface area contributed by atoms with Gasteiger partial charge in [0.15, 0.2) is 5.65 Å². The van der Waals surface area contributed by atoms with Gasteiger partial charge in [-0.05, 0) is 33.8 Å². The van der Waals surface area contributed by atoms with E-state index in [1.165, 1.54) is 0 Å². The molecule has 98 valence electrons. The summed E-state index contributed by atoms with van der Waals surface area (Å²) in [5, 5.41) is 0. The highest BCUT2D eigenvalue weighted by Crippen LogP contribution is 2.30. The fraction of sp³-hybridized carbons (Fsp3) is 0.538. The van der Waals surface area contributed by atoms with Crippen LogP contribution in [0.15, 0.2) is 16.7 Å². The van der Waals surface area contributed by atoms with Crippen molar-refractivity contribution in [3.63, 3.8) is 0 Å². The molecule has 0 bridgehead atoms. The molecule has 4 nitrogen and oxygen atoms in total. The second-order valence-electron chi connectivity index (χ2n) is 5.84. The molecule has 1 atom stereocenters. The van der Waals surface area contributed by atoms with E-state index in [4.69, 9.17) is 5.73 Å². The second kappa shape index (κ2) is 4.97. The molecule has 0 aliphatic rings. The lowest BCUT2D eigenvalue weighted by Gasteiger charge is -2.23. The van der Waals surface area contributed by atoms with Crippen LogP contribution in [0.25, 0.3) is 11.2 Å². The van der Waals surface area contributed by atoms with Crippen molar-refractivity contribution in [2.75, 3.05) is 6.54 Å². The Balaban J connectivity index is 2.34. The number of imidazole rings is 1. The number of rotatable bonds is 3. The van der Waals surface area contributed by atoms with Crippen molar-refractivity contribution < 1.29 is 0 Å². The maximum atomic E-state index is 5.87. The van der Waals surface area contributed by atoms with E-state index < -0.39 is 0 Å². The highest BCUT2D eigenvalue weighted by atomic mass is 79.9. The van der Waals surface area contributed by atoms with Gasteiger partial charge in [-0.25, -0.2) is 9.97 Å². The molecule has 2 aromatic heterocycles. The number of nitrogens with one attached hydrogen (secondary N) is 1. The minimum Gasteiger partial charge on any atom is -0.340 e. The molecule has 0 aliphatic carbocycles. The molecule has 0 saturated heterocycles. The summed E-state index contributed by atoms with van der Waals surface area (Å²) in [7, 11) is 0. The number of aromatic nitrogens is 3. The van der Waals surface area contributed by atoms with Crippen LogP contribution in [-0.2, 0) is 0 Å². The van der Waals surface area contributed by atoms with E-state index in [2.05, 4.69) is 51.7 Å². The molecule has 0 fully saturated rings. The Morgan fingerprint density at radius 3 is 2.78 bits per heavy atom. The first-order valence-corrected chi connectivity index (χ1v) is 6.89. The summed E-state index contributed by atoms with van der Waals surface area (Å²) in [4.78, 5) is 12.2. The van der Waals surface area contributed by atoms with Crippen LogP contribution < -0.4 is 5.73 Å². The largest absolute Gasteiger partial charge is 0.340 e. The number of hydrogen-bond donors (Lipinski definition) is 2. The zero-order chi connectivity index (χ0) is 13.3.